The van der Waals surface area contributed by atoms with Gasteiger partial charge in [-0.3, -0.25) is 0 Å². The number of ether oxygens (including phenoxy) is 1. The molecule has 1 rings (SSSR count). The summed E-state index contributed by atoms with van der Waals surface area (Å²) < 4.78 is 18.4. The van der Waals surface area contributed by atoms with Crippen molar-refractivity contribution < 1.29 is 9.13 Å². The molecule has 0 aliphatic heterocycles. The molecule has 4 heteroatoms. The SMILES string of the molecule is CCOC(C#N)c1ccc(F)c(Br)c1. The normalized spacial score (nSPS) is 12.1. The van der Waals surface area contributed by atoms with Gasteiger partial charge in [0.25, 0.3) is 0 Å². The van der Waals surface area contributed by atoms with Gasteiger partial charge in [-0.05, 0) is 40.5 Å². The number of nitriles is 1. The Hall–Kier alpha value is -0.920. The predicted octanol–water partition coefficient (Wildman–Crippen LogP) is 3.19. The van der Waals surface area contributed by atoms with Crippen LogP contribution in [-0.4, -0.2) is 6.61 Å². The van der Waals surface area contributed by atoms with Crippen molar-refractivity contribution in [2.75, 3.05) is 6.61 Å². The summed E-state index contributed by atoms with van der Waals surface area (Å²) in [4.78, 5) is 0. The highest BCUT2D eigenvalue weighted by Gasteiger charge is 2.11. The van der Waals surface area contributed by atoms with Crippen LogP contribution in [-0.2, 0) is 4.74 Å². The van der Waals surface area contributed by atoms with E-state index in [1.165, 1.54) is 6.07 Å². The summed E-state index contributed by atoms with van der Waals surface area (Å²) >= 11 is 3.05. The van der Waals surface area contributed by atoms with Gasteiger partial charge in [-0.1, -0.05) is 6.07 Å². The molecule has 74 valence electrons. The molecular formula is C10H9BrFNO. The van der Waals surface area contributed by atoms with Gasteiger partial charge < -0.3 is 4.74 Å². The molecule has 0 aliphatic carbocycles. The third kappa shape index (κ3) is 2.53. The summed E-state index contributed by atoms with van der Waals surface area (Å²) in [5, 5.41) is 8.79. The maximum absolute atomic E-state index is 12.9. The summed E-state index contributed by atoms with van der Waals surface area (Å²) in [6.07, 6.45) is -0.628. The fraction of sp³-hybridized carbons (Fsp3) is 0.300. The average Bonchev–Trinajstić information content (AvgIpc) is 2.19. The predicted molar refractivity (Wildman–Crippen MR) is 54.1 cm³/mol. The van der Waals surface area contributed by atoms with Gasteiger partial charge in [0.2, 0.25) is 0 Å². The largest absolute Gasteiger partial charge is 0.359 e. The quantitative estimate of drug-likeness (QED) is 0.834. The van der Waals surface area contributed by atoms with Crippen molar-refractivity contribution in [1.82, 2.24) is 0 Å². The summed E-state index contributed by atoms with van der Waals surface area (Å²) in [6.45, 7) is 2.26. The molecule has 0 bridgehead atoms. The summed E-state index contributed by atoms with van der Waals surface area (Å²) in [5.41, 5.74) is 0.655. The Morgan fingerprint density at radius 2 is 2.36 bits per heavy atom. The Morgan fingerprint density at radius 3 is 2.86 bits per heavy atom. The number of hydrogen-bond acceptors (Lipinski definition) is 2. The molecule has 0 heterocycles. The first-order chi connectivity index (χ1) is 6.69. The van der Waals surface area contributed by atoms with E-state index in [0.717, 1.165) is 0 Å². The second-order valence-corrected chi connectivity index (χ2v) is 3.49. The fourth-order valence-electron chi connectivity index (χ4n) is 1.05. The number of hydrogen-bond donors (Lipinski definition) is 0. The second kappa shape index (κ2) is 5.08. The molecule has 2 nitrogen and oxygen atoms in total. The van der Waals surface area contributed by atoms with Gasteiger partial charge in [0.15, 0.2) is 6.10 Å². The van der Waals surface area contributed by atoms with Crippen molar-refractivity contribution in [1.29, 1.82) is 5.26 Å². The van der Waals surface area contributed by atoms with Crippen molar-refractivity contribution in [2.45, 2.75) is 13.0 Å². The molecule has 1 unspecified atom stereocenters. The van der Waals surface area contributed by atoms with Gasteiger partial charge >= 0.3 is 0 Å². The van der Waals surface area contributed by atoms with Crippen molar-refractivity contribution in [3.63, 3.8) is 0 Å². The molecule has 1 atom stereocenters. The summed E-state index contributed by atoms with van der Waals surface area (Å²) in [6, 6.07) is 6.41. The van der Waals surface area contributed by atoms with E-state index in [0.29, 0.717) is 16.6 Å². The third-order valence-corrected chi connectivity index (χ3v) is 2.30. The van der Waals surface area contributed by atoms with Gasteiger partial charge in [-0.2, -0.15) is 5.26 Å². The highest BCUT2D eigenvalue weighted by atomic mass is 79.9. The number of halogens is 2. The van der Waals surface area contributed by atoms with Gasteiger partial charge in [0.1, 0.15) is 5.82 Å². The Morgan fingerprint density at radius 1 is 1.64 bits per heavy atom. The molecule has 1 aromatic rings. The van der Waals surface area contributed by atoms with Gasteiger partial charge in [0.05, 0.1) is 10.5 Å². The lowest BCUT2D eigenvalue weighted by Crippen LogP contribution is -2.01. The molecule has 0 fully saturated rings. The van der Waals surface area contributed by atoms with Crippen molar-refractivity contribution in [3.05, 3.63) is 34.1 Å². The van der Waals surface area contributed by atoms with Crippen LogP contribution in [0.4, 0.5) is 4.39 Å². The van der Waals surface area contributed by atoms with Crippen LogP contribution in [0.1, 0.15) is 18.6 Å². The zero-order chi connectivity index (χ0) is 10.6. The minimum absolute atomic E-state index is 0.343. The molecule has 0 radical (unpaired) electrons. The lowest BCUT2D eigenvalue weighted by molar-refractivity contribution is 0.102. The highest BCUT2D eigenvalue weighted by Crippen LogP contribution is 2.23. The first-order valence-corrected chi connectivity index (χ1v) is 4.94. The van der Waals surface area contributed by atoms with Gasteiger partial charge in [-0.25, -0.2) is 4.39 Å². The third-order valence-electron chi connectivity index (χ3n) is 1.70. The van der Waals surface area contributed by atoms with E-state index in [2.05, 4.69) is 15.9 Å². The van der Waals surface area contributed by atoms with Crippen LogP contribution in [0, 0.1) is 17.1 Å². The van der Waals surface area contributed by atoms with E-state index in [1.807, 2.05) is 13.0 Å². The standard InChI is InChI=1S/C10H9BrFNO/c1-2-14-10(6-13)7-3-4-9(12)8(11)5-7/h3-5,10H,2H2,1H3. The maximum Gasteiger partial charge on any atom is 0.169 e. The highest BCUT2D eigenvalue weighted by molar-refractivity contribution is 9.10. The molecule has 0 saturated heterocycles. The molecule has 0 N–H and O–H groups in total. The van der Waals surface area contributed by atoms with E-state index < -0.39 is 6.10 Å². The van der Waals surface area contributed by atoms with Crippen molar-refractivity contribution in [3.8, 4) is 6.07 Å². The summed E-state index contributed by atoms with van der Waals surface area (Å²) in [7, 11) is 0. The van der Waals surface area contributed by atoms with Crippen LogP contribution in [0.15, 0.2) is 22.7 Å². The maximum atomic E-state index is 12.9. The van der Waals surface area contributed by atoms with Crippen LogP contribution in [0.5, 0.6) is 0 Å². The topological polar surface area (TPSA) is 33.0 Å². The van der Waals surface area contributed by atoms with Crippen molar-refractivity contribution >= 4 is 15.9 Å². The minimum atomic E-state index is -0.628. The average molecular weight is 258 g/mol. The molecule has 0 aromatic heterocycles. The van der Waals surface area contributed by atoms with E-state index in [-0.39, 0.29) is 5.82 Å². The second-order valence-electron chi connectivity index (χ2n) is 2.64. The summed E-state index contributed by atoms with van der Waals surface area (Å²) in [5.74, 6) is -0.345. The Kier molecular flexibility index (Phi) is 4.05. The Labute approximate surface area is 90.4 Å². The van der Waals surface area contributed by atoms with Gasteiger partial charge in [-0.15, -0.1) is 0 Å². The van der Waals surface area contributed by atoms with Crippen LogP contribution in [0.3, 0.4) is 0 Å². The first-order valence-electron chi connectivity index (χ1n) is 4.15. The Bertz CT molecular complexity index is 362. The van der Waals surface area contributed by atoms with E-state index in [4.69, 9.17) is 10.00 Å². The number of nitrogens with zero attached hydrogens (tertiary/aromatic N) is 1. The monoisotopic (exact) mass is 257 g/mol. The van der Waals surface area contributed by atoms with E-state index in [1.54, 1.807) is 12.1 Å². The van der Waals surface area contributed by atoms with Crippen LogP contribution < -0.4 is 0 Å². The molecule has 0 aliphatic rings. The van der Waals surface area contributed by atoms with E-state index in [9.17, 15) is 4.39 Å². The van der Waals surface area contributed by atoms with Crippen LogP contribution >= 0.6 is 15.9 Å². The zero-order valence-corrected chi connectivity index (χ0v) is 9.21. The molecule has 0 amide bonds. The Balaban J connectivity index is 2.95. The molecule has 1 aromatic carbocycles. The molecule has 0 saturated carbocycles. The van der Waals surface area contributed by atoms with Crippen LogP contribution in [0.2, 0.25) is 0 Å². The zero-order valence-electron chi connectivity index (χ0n) is 7.63. The first kappa shape index (κ1) is 11.2. The molecule has 14 heavy (non-hydrogen) atoms. The van der Waals surface area contributed by atoms with Crippen molar-refractivity contribution in [2.24, 2.45) is 0 Å². The minimum Gasteiger partial charge on any atom is -0.359 e. The molecular weight excluding hydrogens is 249 g/mol. The van der Waals surface area contributed by atoms with E-state index >= 15 is 0 Å². The number of benzene rings is 1. The molecule has 0 spiro atoms. The lowest BCUT2D eigenvalue weighted by atomic mass is 10.1. The smallest absolute Gasteiger partial charge is 0.169 e. The van der Waals surface area contributed by atoms with Crippen LogP contribution in [0.25, 0.3) is 0 Å². The number of rotatable bonds is 3. The fourth-order valence-corrected chi connectivity index (χ4v) is 1.45. The van der Waals surface area contributed by atoms with Gasteiger partial charge in [0, 0.05) is 6.61 Å². The lowest BCUT2D eigenvalue weighted by Gasteiger charge is -2.09.